The van der Waals surface area contributed by atoms with Gasteiger partial charge in [-0.3, -0.25) is 9.78 Å². The van der Waals surface area contributed by atoms with Crippen LogP contribution in [0.5, 0.6) is 5.75 Å². The number of aromatic nitrogens is 2. The molecule has 0 aliphatic rings. The molecule has 3 rings (SSSR count). The first-order valence-electron chi connectivity index (χ1n) is 9.05. The molecule has 1 aromatic heterocycles. The monoisotopic (exact) mass is 376 g/mol. The van der Waals surface area contributed by atoms with E-state index in [9.17, 15) is 4.79 Å². The summed E-state index contributed by atoms with van der Waals surface area (Å²) in [6.45, 7) is 0.479. The molecule has 6 nitrogen and oxygen atoms in total. The van der Waals surface area contributed by atoms with Crippen molar-refractivity contribution in [2.75, 3.05) is 27.7 Å². The summed E-state index contributed by atoms with van der Waals surface area (Å²) in [6.07, 6.45) is 4.81. The normalized spacial score (nSPS) is 12.4. The van der Waals surface area contributed by atoms with E-state index >= 15 is 0 Å². The maximum absolute atomic E-state index is 12.3. The van der Waals surface area contributed by atoms with Crippen molar-refractivity contribution in [3.05, 3.63) is 72.1 Å². The minimum Gasteiger partial charge on any atom is -0.497 e. The fourth-order valence-corrected chi connectivity index (χ4v) is 2.92. The number of hydrogen-bond acceptors (Lipinski definition) is 5. The third kappa shape index (κ3) is 4.92. The first-order chi connectivity index (χ1) is 13.6. The highest BCUT2D eigenvalue weighted by Crippen LogP contribution is 2.22. The summed E-state index contributed by atoms with van der Waals surface area (Å²) in [6, 6.07) is 15.5. The molecule has 6 heteroatoms. The molecule has 1 heterocycles. The van der Waals surface area contributed by atoms with Crippen LogP contribution in [0.25, 0.3) is 17.1 Å². The van der Waals surface area contributed by atoms with Crippen molar-refractivity contribution in [1.29, 1.82) is 0 Å². The molecule has 0 aliphatic carbocycles. The summed E-state index contributed by atoms with van der Waals surface area (Å²) in [4.78, 5) is 23.2. The Morgan fingerprint density at radius 3 is 2.71 bits per heavy atom. The molecule has 0 spiro atoms. The molecule has 144 valence electrons. The van der Waals surface area contributed by atoms with E-state index < -0.39 is 0 Å². The van der Waals surface area contributed by atoms with Gasteiger partial charge in [0.1, 0.15) is 5.75 Å². The molecule has 1 atom stereocenters. The van der Waals surface area contributed by atoms with Crippen LogP contribution in [-0.4, -0.2) is 48.5 Å². The van der Waals surface area contributed by atoms with Crippen molar-refractivity contribution in [3.63, 3.8) is 0 Å². The zero-order valence-electron chi connectivity index (χ0n) is 16.3. The van der Waals surface area contributed by atoms with Crippen molar-refractivity contribution in [2.24, 2.45) is 0 Å². The lowest BCUT2D eigenvalue weighted by molar-refractivity contribution is -0.116. The molecule has 1 amide bonds. The zero-order valence-corrected chi connectivity index (χ0v) is 16.3. The van der Waals surface area contributed by atoms with Gasteiger partial charge >= 0.3 is 0 Å². The molecule has 3 aromatic rings. The van der Waals surface area contributed by atoms with Gasteiger partial charge in [0.05, 0.1) is 36.1 Å². The molecule has 0 radical (unpaired) electrons. The van der Waals surface area contributed by atoms with E-state index in [0.29, 0.717) is 12.2 Å². The number of ether oxygens (including phenoxy) is 1. The molecule has 0 aliphatic heterocycles. The second-order valence-electron chi connectivity index (χ2n) is 6.62. The average molecular weight is 376 g/mol. The van der Waals surface area contributed by atoms with Gasteiger partial charge < -0.3 is 15.0 Å². The van der Waals surface area contributed by atoms with Gasteiger partial charge in [-0.15, -0.1) is 0 Å². The molecular weight excluding hydrogens is 352 g/mol. The van der Waals surface area contributed by atoms with Crippen molar-refractivity contribution >= 4 is 23.0 Å². The standard InChI is InChI=1S/C22H24N4O2/c1-26(2)21(16-7-6-8-18(13-16)28-3)15-24-22(27)12-11-17-14-23-19-9-4-5-10-20(19)25-17/h4-14,21H,15H2,1-3H3,(H,24,27)/b12-11+. The van der Waals surface area contributed by atoms with Crippen molar-refractivity contribution in [2.45, 2.75) is 6.04 Å². The molecule has 1 unspecified atom stereocenters. The number of rotatable bonds is 7. The quantitative estimate of drug-likeness (QED) is 0.642. The molecule has 2 aromatic carbocycles. The van der Waals surface area contributed by atoms with E-state index in [-0.39, 0.29) is 11.9 Å². The van der Waals surface area contributed by atoms with E-state index in [2.05, 4.69) is 20.2 Å². The van der Waals surface area contributed by atoms with E-state index in [1.54, 1.807) is 19.4 Å². The number of likely N-dealkylation sites (N-methyl/N-ethyl adjacent to an activating group) is 1. The summed E-state index contributed by atoms with van der Waals surface area (Å²) in [5.41, 5.74) is 3.35. The predicted molar refractivity (Wildman–Crippen MR) is 111 cm³/mol. The second-order valence-corrected chi connectivity index (χ2v) is 6.62. The number of nitrogens with one attached hydrogen (secondary N) is 1. The Hall–Kier alpha value is -3.25. The number of nitrogens with zero attached hydrogens (tertiary/aromatic N) is 3. The van der Waals surface area contributed by atoms with Gasteiger partial charge in [-0.05, 0) is 50.0 Å². The van der Waals surface area contributed by atoms with Gasteiger partial charge in [0.25, 0.3) is 0 Å². The van der Waals surface area contributed by atoms with Gasteiger partial charge in [-0.25, -0.2) is 4.98 Å². The van der Waals surface area contributed by atoms with Crippen LogP contribution in [0.15, 0.2) is 60.8 Å². The van der Waals surface area contributed by atoms with E-state index in [4.69, 9.17) is 4.74 Å². The fraction of sp³-hybridized carbons (Fsp3) is 0.227. The Morgan fingerprint density at radius 2 is 1.96 bits per heavy atom. The highest BCUT2D eigenvalue weighted by molar-refractivity contribution is 5.91. The highest BCUT2D eigenvalue weighted by Gasteiger charge is 2.15. The summed E-state index contributed by atoms with van der Waals surface area (Å²) < 4.78 is 5.30. The number of benzene rings is 2. The third-order valence-electron chi connectivity index (χ3n) is 4.44. The zero-order chi connectivity index (χ0) is 19.9. The Labute approximate surface area is 164 Å². The van der Waals surface area contributed by atoms with Crippen molar-refractivity contribution in [3.8, 4) is 5.75 Å². The molecular formula is C22H24N4O2. The first kappa shape index (κ1) is 19.5. The Morgan fingerprint density at radius 1 is 1.18 bits per heavy atom. The second kappa shape index (κ2) is 9.10. The lowest BCUT2D eigenvalue weighted by Crippen LogP contribution is -2.33. The van der Waals surface area contributed by atoms with Gasteiger partial charge in [-0.1, -0.05) is 24.3 Å². The highest BCUT2D eigenvalue weighted by atomic mass is 16.5. The van der Waals surface area contributed by atoms with E-state index in [0.717, 1.165) is 22.3 Å². The largest absolute Gasteiger partial charge is 0.497 e. The first-order valence-corrected chi connectivity index (χ1v) is 9.05. The predicted octanol–water partition coefficient (Wildman–Crippen LogP) is 3.07. The number of para-hydroxylation sites is 2. The molecule has 0 saturated heterocycles. The summed E-state index contributed by atoms with van der Waals surface area (Å²) in [7, 11) is 5.61. The average Bonchev–Trinajstić information content (AvgIpc) is 2.72. The van der Waals surface area contributed by atoms with Crippen LogP contribution in [0.3, 0.4) is 0 Å². The van der Waals surface area contributed by atoms with Crippen molar-refractivity contribution < 1.29 is 9.53 Å². The summed E-state index contributed by atoms with van der Waals surface area (Å²) in [5, 5.41) is 2.95. The van der Waals surface area contributed by atoms with Crippen LogP contribution in [0.4, 0.5) is 0 Å². The molecule has 1 N–H and O–H groups in total. The Bertz CT molecular complexity index is 985. The minimum absolute atomic E-state index is 0.0351. The molecule has 0 bridgehead atoms. The summed E-state index contributed by atoms with van der Waals surface area (Å²) in [5.74, 6) is 0.621. The van der Waals surface area contributed by atoms with Gasteiger partial charge in [0.15, 0.2) is 0 Å². The minimum atomic E-state index is -0.176. The lowest BCUT2D eigenvalue weighted by atomic mass is 10.1. The van der Waals surface area contributed by atoms with E-state index in [1.807, 2.05) is 62.6 Å². The summed E-state index contributed by atoms with van der Waals surface area (Å²) >= 11 is 0. The number of carbonyl (C=O) groups excluding carboxylic acids is 1. The van der Waals surface area contributed by atoms with Crippen LogP contribution < -0.4 is 10.1 Å². The number of carbonyl (C=O) groups is 1. The third-order valence-corrected chi connectivity index (χ3v) is 4.44. The smallest absolute Gasteiger partial charge is 0.244 e. The van der Waals surface area contributed by atoms with Crippen LogP contribution >= 0.6 is 0 Å². The number of fused-ring (bicyclic) bond motifs is 1. The fourth-order valence-electron chi connectivity index (χ4n) is 2.92. The lowest BCUT2D eigenvalue weighted by Gasteiger charge is -2.25. The van der Waals surface area contributed by atoms with Crippen molar-refractivity contribution in [1.82, 2.24) is 20.2 Å². The number of hydrogen-bond donors (Lipinski definition) is 1. The van der Waals surface area contributed by atoms with Crippen LogP contribution in [-0.2, 0) is 4.79 Å². The molecule has 28 heavy (non-hydrogen) atoms. The maximum Gasteiger partial charge on any atom is 0.244 e. The van der Waals surface area contributed by atoms with Gasteiger partial charge in [0.2, 0.25) is 5.91 Å². The van der Waals surface area contributed by atoms with Crippen LogP contribution in [0.1, 0.15) is 17.3 Å². The van der Waals surface area contributed by atoms with E-state index in [1.165, 1.54) is 6.08 Å². The topological polar surface area (TPSA) is 67.3 Å². The Balaban J connectivity index is 1.64. The SMILES string of the molecule is COc1cccc(C(CNC(=O)/C=C/c2cnc3ccccc3n2)N(C)C)c1. The van der Waals surface area contributed by atoms with Crippen LogP contribution in [0.2, 0.25) is 0 Å². The number of amides is 1. The van der Waals surface area contributed by atoms with Gasteiger partial charge in [-0.2, -0.15) is 0 Å². The molecule has 0 saturated carbocycles. The van der Waals surface area contributed by atoms with Gasteiger partial charge in [0, 0.05) is 12.6 Å². The molecule has 0 fully saturated rings. The maximum atomic E-state index is 12.3. The van der Waals surface area contributed by atoms with Crippen LogP contribution in [0, 0.1) is 0 Å². The Kier molecular flexibility index (Phi) is 6.34. The number of methoxy groups -OCH3 is 1.